The Kier molecular flexibility index (Phi) is 2.86. The Balaban J connectivity index is 2.28. The highest BCUT2D eigenvalue weighted by atomic mass is 16.6. The van der Waals surface area contributed by atoms with Crippen molar-refractivity contribution in [3.63, 3.8) is 0 Å². The molecule has 0 saturated heterocycles. The summed E-state index contributed by atoms with van der Waals surface area (Å²) in [5.74, 6) is -1.02. The topological polar surface area (TPSA) is 107 Å². The van der Waals surface area contributed by atoms with Crippen LogP contribution in [0.2, 0.25) is 0 Å². The molecule has 0 aliphatic carbocycles. The number of imidazole rings is 1. The van der Waals surface area contributed by atoms with Crippen LogP contribution in [0.15, 0.2) is 24.5 Å². The second-order valence-electron chi connectivity index (χ2n) is 4.55. The van der Waals surface area contributed by atoms with Crippen LogP contribution >= 0.6 is 0 Å². The van der Waals surface area contributed by atoms with Crippen LogP contribution in [0, 0.1) is 10.1 Å². The fourth-order valence-corrected chi connectivity index (χ4v) is 2.46. The van der Waals surface area contributed by atoms with Crippen molar-refractivity contribution in [3.8, 4) is 11.4 Å². The van der Waals surface area contributed by atoms with E-state index in [9.17, 15) is 20.0 Å². The third-order valence-corrected chi connectivity index (χ3v) is 3.37. The Morgan fingerprint density at radius 1 is 1.57 bits per heavy atom. The number of rotatable bonds is 3. The first-order valence-electron chi connectivity index (χ1n) is 6.29. The second kappa shape index (κ2) is 4.58. The molecule has 1 aromatic carbocycles. The summed E-state index contributed by atoms with van der Waals surface area (Å²) in [6.45, 7) is 1.81. The average molecular weight is 289 g/mol. The second-order valence-corrected chi connectivity index (χ2v) is 4.55. The van der Waals surface area contributed by atoms with Gasteiger partial charge in [-0.1, -0.05) is 13.0 Å². The summed E-state index contributed by atoms with van der Waals surface area (Å²) in [5, 5.41) is 20.3. The van der Waals surface area contributed by atoms with Crippen LogP contribution in [0.4, 0.5) is 5.69 Å². The minimum atomic E-state index is -1.15. The molecule has 0 amide bonds. The van der Waals surface area contributed by atoms with Gasteiger partial charge >= 0.3 is 11.7 Å². The number of nitro benzene ring substituents is 1. The maximum absolute atomic E-state index is 11.2. The molecule has 2 aromatic rings. The monoisotopic (exact) mass is 289 g/mol. The molecule has 21 heavy (non-hydrogen) atoms. The number of aromatic carboxylic acids is 1. The predicted octanol–water partition coefficient (Wildman–Crippen LogP) is 2.32. The smallest absolute Gasteiger partial charge is 0.356 e. The van der Waals surface area contributed by atoms with Gasteiger partial charge < -0.3 is 9.84 Å². The molecule has 3 rings (SSSR count). The number of hydrogen-bond acceptors (Lipinski definition) is 5. The molecule has 0 fully saturated rings. The zero-order chi connectivity index (χ0) is 15.1. The minimum absolute atomic E-state index is 0.0981. The molecule has 1 aliphatic heterocycles. The Bertz CT molecular complexity index is 752. The molecule has 0 spiro atoms. The first-order chi connectivity index (χ1) is 10.0. The first-order valence-corrected chi connectivity index (χ1v) is 6.29. The molecule has 2 heterocycles. The Labute approximate surface area is 118 Å². The average Bonchev–Trinajstić information content (AvgIpc) is 2.90. The van der Waals surface area contributed by atoms with Crippen molar-refractivity contribution in [2.24, 2.45) is 0 Å². The molecule has 8 heteroatoms. The van der Waals surface area contributed by atoms with Crippen LogP contribution in [0.1, 0.15) is 35.6 Å². The van der Waals surface area contributed by atoms with Crippen molar-refractivity contribution in [1.29, 1.82) is 0 Å². The SMILES string of the molecule is CCC1Oc2c(cccc2[N+](=O)[O-])-n2cnc(C(=O)O)c21. The quantitative estimate of drug-likeness (QED) is 0.686. The molecule has 0 bridgehead atoms. The van der Waals surface area contributed by atoms with Crippen LogP contribution in [-0.2, 0) is 0 Å². The summed E-state index contributed by atoms with van der Waals surface area (Å²) >= 11 is 0. The summed E-state index contributed by atoms with van der Waals surface area (Å²) in [7, 11) is 0. The van der Waals surface area contributed by atoms with Gasteiger partial charge in [0.25, 0.3) is 0 Å². The van der Waals surface area contributed by atoms with E-state index in [4.69, 9.17) is 4.74 Å². The molecule has 0 saturated carbocycles. The first kappa shape index (κ1) is 13.1. The van der Waals surface area contributed by atoms with Crippen molar-refractivity contribution in [3.05, 3.63) is 46.0 Å². The normalized spacial score (nSPS) is 15.8. The number of hydrogen-bond donors (Lipinski definition) is 1. The van der Waals surface area contributed by atoms with Gasteiger partial charge in [0.15, 0.2) is 5.69 Å². The molecular weight excluding hydrogens is 278 g/mol. The highest BCUT2D eigenvalue weighted by molar-refractivity contribution is 5.87. The van der Waals surface area contributed by atoms with Gasteiger partial charge in [-0.05, 0) is 12.5 Å². The lowest BCUT2D eigenvalue weighted by Gasteiger charge is -2.26. The number of carboxylic acids is 1. The molecule has 1 aliphatic rings. The van der Waals surface area contributed by atoms with E-state index in [0.717, 1.165) is 0 Å². The van der Waals surface area contributed by atoms with Crippen molar-refractivity contribution in [1.82, 2.24) is 9.55 Å². The zero-order valence-corrected chi connectivity index (χ0v) is 11.0. The molecule has 0 radical (unpaired) electrons. The molecule has 1 unspecified atom stereocenters. The van der Waals surface area contributed by atoms with Gasteiger partial charge in [-0.3, -0.25) is 14.7 Å². The molecule has 8 nitrogen and oxygen atoms in total. The highest BCUT2D eigenvalue weighted by Gasteiger charge is 2.34. The van der Waals surface area contributed by atoms with Crippen molar-refractivity contribution in [2.45, 2.75) is 19.4 Å². The van der Waals surface area contributed by atoms with Crippen LogP contribution in [0.25, 0.3) is 5.69 Å². The maximum atomic E-state index is 11.2. The summed E-state index contributed by atoms with van der Waals surface area (Å²) in [4.78, 5) is 25.7. The third-order valence-electron chi connectivity index (χ3n) is 3.37. The van der Waals surface area contributed by atoms with Gasteiger partial charge in [-0.2, -0.15) is 0 Å². The van der Waals surface area contributed by atoms with Gasteiger partial charge in [0.05, 0.1) is 16.3 Å². The number of nitrogens with zero attached hydrogens (tertiary/aromatic N) is 3. The lowest BCUT2D eigenvalue weighted by Crippen LogP contribution is -2.21. The Morgan fingerprint density at radius 3 is 2.95 bits per heavy atom. The van der Waals surface area contributed by atoms with Crippen molar-refractivity contribution >= 4 is 11.7 Å². The largest absolute Gasteiger partial charge is 0.476 e. The number of fused-ring (bicyclic) bond motifs is 3. The van der Waals surface area contributed by atoms with Gasteiger partial charge in [-0.15, -0.1) is 0 Å². The van der Waals surface area contributed by atoms with Gasteiger partial charge in [0, 0.05) is 6.07 Å². The van der Waals surface area contributed by atoms with Gasteiger partial charge in [0.1, 0.15) is 12.4 Å². The fourth-order valence-electron chi connectivity index (χ4n) is 2.46. The van der Waals surface area contributed by atoms with Crippen LogP contribution < -0.4 is 4.74 Å². The Hall–Kier alpha value is -2.90. The number of carbonyl (C=O) groups is 1. The number of carboxylic acid groups (broad SMARTS) is 1. The standard InChI is InChI=1S/C13H11N3O5/c1-2-9-11-10(13(17)18)14-6-15(11)7-4-3-5-8(16(19)20)12(7)21-9/h3-6,9H,2H2,1H3,(H,17,18). The summed E-state index contributed by atoms with van der Waals surface area (Å²) in [5.41, 5.74) is 0.572. The number of para-hydroxylation sites is 1. The number of aromatic nitrogens is 2. The fraction of sp³-hybridized carbons (Fsp3) is 0.231. The lowest BCUT2D eigenvalue weighted by atomic mass is 10.1. The van der Waals surface area contributed by atoms with Gasteiger partial charge in [0.2, 0.25) is 5.75 Å². The molecular formula is C13H11N3O5. The lowest BCUT2D eigenvalue weighted by molar-refractivity contribution is -0.386. The highest BCUT2D eigenvalue weighted by Crippen LogP contribution is 2.43. The molecule has 1 aromatic heterocycles. The van der Waals surface area contributed by atoms with Crippen molar-refractivity contribution in [2.75, 3.05) is 0 Å². The third kappa shape index (κ3) is 1.83. The van der Waals surface area contributed by atoms with Crippen LogP contribution in [-0.4, -0.2) is 25.6 Å². The van der Waals surface area contributed by atoms with Crippen LogP contribution in [0.3, 0.4) is 0 Å². The van der Waals surface area contributed by atoms with Gasteiger partial charge in [-0.25, -0.2) is 9.78 Å². The van der Waals surface area contributed by atoms with E-state index in [-0.39, 0.29) is 17.1 Å². The zero-order valence-electron chi connectivity index (χ0n) is 11.0. The number of benzene rings is 1. The summed E-state index contributed by atoms with van der Waals surface area (Å²) in [6.07, 6.45) is 1.23. The summed E-state index contributed by atoms with van der Waals surface area (Å²) in [6, 6.07) is 4.51. The van der Waals surface area contributed by atoms with E-state index >= 15 is 0 Å². The maximum Gasteiger partial charge on any atom is 0.356 e. The van der Waals surface area contributed by atoms with E-state index in [1.807, 2.05) is 6.92 Å². The van der Waals surface area contributed by atoms with E-state index in [1.165, 1.54) is 18.5 Å². The van der Waals surface area contributed by atoms with E-state index in [2.05, 4.69) is 4.98 Å². The van der Waals surface area contributed by atoms with Crippen LogP contribution in [0.5, 0.6) is 5.75 Å². The summed E-state index contributed by atoms with van der Waals surface area (Å²) < 4.78 is 7.23. The molecule has 1 atom stereocenters. The Morgan fingerprint density at radius 2 is 2.33 bits per heavy atom. The van der Waals surface area contributed by atoms with E-state index in [1.54, 1.807) is 10.6 Å². The number of ether oxygens (including phenoxy) is 1. The molecule has 1 N–H and O–H groups in total. The predicted molar refractivity (Wildman–Crippen MR) is 70.8 cm³/mol. The van der Waals surface area contributed by atoms with Crippen molar-refractivity contribution < 1.29 is 19.6 Å². The number of nitro groups is 1. The van der Waals surface area contributed by atoms with E-state index in [0.29, 0.717) is 17.8 Å². The minimum Gasteiger partial charge on any atom is -0.476 e. The molecule has 108 valence electrons. The van der Waals surface area contributed by atoms with E-state index < -0.39 is 17.0 Å².